The molecule has 0 bridgehead atoms. The minimum atomic E-state index is -4.72. The largest absolute Gasteiger partial charge is 0.332 e. The van der Waals surface area contributed by atoms with Crippen LogP contribution in [0.4, 0.5) is 14.4 Å². The van der Waals surface area contributed by atoms with Crippen LogP contribution in [0.5, 0.6) is 0 Å². The highest BCUT2D eigenvalue weighted by Crippen LogP contribution is 2.25. The predicted octanol–water partition coefficient (Wildman–Crippen LogP) is 1.14. The van der Waals surface area contributed by atoms with Crippen LogP contribution in [0.25, 0.3) is 0 Å². The second kappa shape index (κ2) is 5.20. The Kier molecular flexibility index (Phi) is 3.76. The molecule has 0 radical (unpaired) electrons. The Morgan fingerprint density at radius 2 is 1.80 bits per heavy atom. The number of carbonyl (C=O) groups is 2. The van der Waals surface area contributed by atoms with Crippen LogP contribution in [0.1, 0.15) is 6.92 Å². The van der Waals surface area contributed by atoms with E-state index in [1.165, 1.54) is 11.8 Å². The number of hydrogen-bond acceptors (Lipinski definition) is 4. The first-order valence-corrected chi connectivity index (χ1v) is 7.48. The molecule has 1 fully saturated rings. The second-order valence-corrected chi connectivity index (χ2v) is 5.88. The molecule has 3 amide bonds. The fraction of sp³-hybridized carbons (Fsp3) is 0.333. The van der Waals surface area contributed by atoms with Crippen LogP contribution in [0.3, 0.4) is 0 Å². The average molecular weight is 300 g/mol. The molecule has 0 aliphatic carbocycles. The van der Waals surface area contributed by atoms with Crippen LogP contribution in [0.15, 0.2) is 30.3 Å². The van der Waals surface area contributed by atoms with E-state index in [-0.39, 0.29) is 0 Å². The van der Waals surface area contributed by atoms with Gasteiger partial charge in [0.05, 0.1) is 5.75 Å². The number of nitrogens with zero attached hydrogens (tertiary/aromatic N) is 2. The molecule has 1 unspecified atom stereocenters. The van der Waals surface area contributed by atoms with Crippen LogP contribution in [0, 0.1) is 0 Å². The Balaban J connectivity index is 2.22. The fourth-order valence-electron chi connectivity index (χ4n) is 2.05. The van der Waals surface area contributed by atoms with Crippen LogP contribution in [0.2, 0.25) is 0 Å². The molecule has 1 atom stereocenters. The van der Waals surface area contributed by atoms with Crippen molar-refractivity contribution >= 4 is 27.8 Å². The van der Waals surface area contributed by atoms with E-state index in [1.807, 2.05) is 0 Å². The SMILES string of the molecule is CC1C(=O)N(CCS(=O)(=O)F)C(=O)N1c1ccccc1. The first-order valence-electron chi connectivity index (χ1n) is 5.93. The summed E-state index contributed by atoms with van der Waals surface area (Å²) in [6.07, 6.45) is 0. The lowest BCUT2D eigenvalue weighted by atomic mass is 10.2. The van der Waals surface area contributed by atoms with Crippen molar-refractivity contribution in [1.29, 1.82) is 0 Å². The van der Waals surface area contributed by atoms with E-state index >= 15 is 0 Å². The topological polar surface area (TPSA) is 74.8 Å². The summed E-state index contributed by atoms with van der Waals surface area (Å²) in [5.74, 6) is -1.43. The second-order valence-electron chi connectivity index (χ2n) is 4.40. The Bertz CT molecular complexity index is 632. The summed E-state index contributed by atoms with van der Waals surface area (Å²) in [6.45, 7) is 1.06. The maximum Gasteiger partial charge on any atom is 0.332 e. The quantitative estimate of drug-likeness (QED) is 0.617. The summed E-state index contributed by atoms with van der Waals surface area (Å²) >= 11 is 0. The minimum Gasteiger partial charge on any atom is -0.282 e. The third-order valence-corrected chi connectivity index (χ3v) is 3.71. The molecule has 1 saturated heterocycles. The number of imide groups is 1. The predicted molar refractivity (Wildman–Crippen MR) is 70.4 cm³/mol. The lowest BCUT2D eigenvalue weighted by Gasteiger charge is -2.19. The number of halogens is 1. The number of rotatable bonds is 4. The molecular formula is C12H13FN2O4S. The lowest BCUT2D eigenvalue weighted by molar-refractivity contribution is -0.126. The molecule has 1 aliphatic heterocycles. The van der Waals surface area contributed by atoms with Gasteiger partial charge in [-0.1, -0.05) is 18.2 Å². The zero-order valence-corrected chi connectivity index (χ0v) is 11.5. The average Bonchev–Trinajstić information content (AvgIpc) is 2.59. The summed E-state index contributed by atoms with van der Waals surface area (Å²) in [5.41, 5.74) is 0.531. The van der Waals surface area contributed by atoms with Crippen LogP contribution < -0.4 is 4.90 Å². The molecule has 0 spiro atoms. The number of urea groups is 1. The van der Waals surface area contributed by atoms with Crippen molar-refractivity contribution in [2.45, 2.75) is 13.0 Å². The smallest absolute Gasteiger partial charge is 0.282 e. The van der Waals surface area contributed by atoms with Gasteiger partial charge in [0.15, 0.2) is 0 Å². The zero-order valence-electron chi connectivity index (χ0n) is 10.7. The summed E-state index contributed by atoms with van der Waals surface area (Å²) in [4.78, 5) is 26.1. The number of benzene rings is 1. The molecule has 8 heteroatoms. The summed E-state index contributed by atoms with van der Waals surface area (Å²) in [6, 6.07) is 7.14. The van der Waals surface area contributed by atoms with Gasteiger partial charge in [-0.25, -0.2) is 4.79 Å². The lowest BCUT2D eigenvalue weighted by Crippen LogP contribution is -2.36. The minimum absolute atomic E-state index is 0.482. The fourth-order valence-corrected chi connectivity index (χ4v) is 2.46. The van der Waals surface area contributed by atoms with Crippen molar-refractivity contribution in [1.82, 2.24) is 4.90 Å². The molecule has 108 valence electrons. The van der Waals surface area contributed by atoms with Gasteiger partial charge in [-0.3, -0.25) is 14.6 Å². The van der Waals surface area contributed by atoms with Crippen LogP contribution in [-0.2, 0) is 15.0 Å². The Morgan fingerprint density at radius 3 is 2.35 bits per heavy atom. The number of anilines is 1. The molecule has 20 heavy (non-hydrogen) atoms. The molecule has 1 aromatic carbocycles. The monoisotopic (exact) mass is 300 g/mol. The summed E-state index contributed by atoms with van der Waals surface area (Å²) < 4.78 is 33.5. The van der Waals surface area contributed by atoms with Crippen molar-refractivity contribution in [2.24, 2.45) is 0 Å². The van der Waals surface area contributed by atoms with Gasteiger partial charge in [0.1, 0.15) is 6.04 Å². The molecule has 1 heterocycles. The number of hydrogen-bond donors (Lipinski definition) is 0. The highest BCUT2D eigenvalue weighted by atomic mass is 32.3. The number of carbonyl (C=O) groups excluding carboxylic acids is 2. The molecule has 0 aromatic heterocycles. The van der Waals surface area contributed by atoms with Crippen molar-refractivity contribution in [3.05, 3.63) is 30.3 Å². The van der Waals surface area contributed by atoms with Gasteiger partial charge in [-0.15, -0.1) is 3.89 Å². The maximum atomic E-state index is 12.5. The summed E-state index contributed by atoms with van der Waals surface area (Å²) in [7, 11) is -4.72. The summed E-state index contributed by atoms with van der Waals surface area (Å²) in [5, 5.41) is 0. The van der Waals surface area contributed by atoms with E-state index in [2.05, 4.69) is 0 Å². The number of para-hydroxylation sites is 1. The zero-order chi connectivity index (χ0) is 14.9. The van der Waals surface area contributed by atoms with Crippen molar-refractivity contribution in [3.8, 4) is 0 Å². The number of amides is 3. The molecule has 0 saturated carbocycles. The maximum absolute atomic E-state index is 12.5. The van der Waals surface area contributed by atoms with Gasteiger partial charge in [-0.2, -0.15) is 8.42 Å². The first kappa shape index (κ1) is 14.4. The first-order chi connectivity index (χ1) is 9.31. The molecule has 1 aliphatic rings. The van der Waals surface area contributed by atoms with Crippen LogP contribution >= 0.6 is 0 Å². The van der Waals surface area contributed by atoms with Crippen molar-refractivity contribution in [2.75, 3.05) is 17.2 Å². The van der Waals surface area contributed by atoms with Gasteiger partial charge < -0.3 is 0 Å². The van der Waals surface area contributed by atoms with E-state index in [0.29, 0.717) is 5.69 Å². The third-order valence-electron chi connectivity index (χ3n) is 3.04. The van der Waals surface area contributed by atoms with Gasteiger partial charge in [0, 0.05) is 12.2 Å². The van der Waals surface area contributed by atoms with E-state index in [9.17, 15) is 21.9 Å². The van der Waals surface area contributed by atoms with Gasteiger partial charge in [0.25, 0.3) is 5.91 Å². The van der Waals surface area contributed by atoms with Crippen molar-refractivity contribution < 1.29 is 21.9 Å². The normalized spacial score (nSPS) is 19.8. The third kappa shape index (κ3) is 2.79. The Hall–Kier alpha value is -1.96. The standard InChI is InChI=1S/C12H13FN2O4S/c1-9-11(16)14(7-8-20(13,18)19)12(17)15(9)10-5-3-2-4-6-10/h2-6,9H,7-8H2,1H3. The molecule has 2 rings (SSSR count). The molecule has 0 N–H and O–H groups in total. The van der Waals surface area contributed by atoms with E-state index in [4.69, 9.17) is 0 Å². The Labute approximate surface area is 116 Å². The highest BCUT2D eigenvalue weighted by Gasteiger charge is 2.43. The molecule has 6 nitrogen and oxygen atoms in total. The van der Waals surface area contributed by atoms with Crippen molar-refractivity contribution in [3.63, 3.8) is 0 Å². The highest BCUT2D eigenvalue weighted by molar-refractivity contribution is 7.86. The van der Waals surface area contributed by atoms with E-state index in [0.717, 1.165) is 4.90 Å². The Morgan fingerprint density at radius 1 is 1.20 bits per heavy atom. The van der Waals surface area contributed by atoms with Gasteiger partial charge in [-0.05, 0) is 19.1 Å². The van der Waals surface area contributed by atoms with Gasteiger partial charge in [0.2, 0.25) is 0 Å². The van der Waals surface area contributed by atoms with Gasteiger partial charge >= 0.3 is 16.3 Å². The molecular weight excluding hydrogens is 287 g/mol. The van der Waals surface area contributed by atoms with E-state index < -0.39 is 40.5 Å². The molecule has 1 aromatic rings. The van der Waals surface area contributed by atoms with E-state index in [1.54, 1.807) is 30.3 Å². The van der Waals surface area contributed by atoms with Crippen LogP contribution in [-0.4, -0.2) is 43.6 Å².